The van der Waals surface area contributed by atoms with Crippen LogP contribution in [0.15, 0.2) is 47.6 Å². The number of ether oxygens (including phenoxy) is 1. The maximum Gasteiger partial charge on any atom is 0.292 e. The second-order valence-electron chi connectivity index (χ2n) is 6.35. The predicted octanol–water partition coefficient (Wildman–Crippen LogP) is 4.39. The summed E-state index contributed by atoms with van der Waals surface area (Å²) in [6.07, 6.45) is -0.546. The fraction of sp³-hybridized carbons (Fsp3) is 0.211. The van der Waals surface area contributed by atoms with E-state index in [1.54, 1.807) is 24.6 Å². The molecular weight excluding hydrogens is 449 g/mol. The summed E-state index contributed by atoms with van der Waals surface area (Å²) in [5.41, 5.74) is -0.0674. The Morgan fingerprint density at radius 1 is 1.35 bits per heavy atom. The van der Waals surface area contributed by atoms with Gasteiger partial charge in [0.2, 0.25) is 5.91 Å². The molecule has 0 saturated carbocycles. The van der Waals surface area contributed by atoms with Crippen molar-refractivity contribution in [2.75, 3.05) is 11.1 Å². The summed E-state index contributed by atoms with van der Waals surface area (Å²) in [5.74, 6) is -0.150. The highest BCUT2D eigenvalue weighted by molar-refractivity contribution is 7.99. The molecule has 3 aromatic rings. The maximum atomic E-state index is 13.2. The molecule has 0 aliphatic rings. The lowest BCUT2D eigenvalue weighted by Gasteiger charge is -2.15. The van der Waals surface area contributed by atoms with Gasteiger partial charge in [0.05, 0.1) is 15.7 Å². The molecule has 1 N–H and O–H groups in total. The van der Waals surface area contributed by atoms with Gasteiger partial charge in [0.1, 0.15) is 17.3 Å². The Hall–Kier alpha value is -3.18. The van der Waals surface area contributed by atoms with Crippen LogP contribution in [-0.4, -0.2) is 31.3 Å². The number of aromatic nitrogens is 3. The largest absolute Gasteiger partial charge is 0.481 e. The van der Waals surface area contributed by atoms with Crippen molar-refractivity contribution in [3.63, 3.8) is 0 Å². The van der Waals surface area contributed by atoms with Crippen molar-refractivity contribution in [2.24, 2.45) is 7.05 Å². The average molecular weight is 466 g/mol. The van der Waals surface area contributed by atoms with Gasteiger partial charge in [-0.15, -0.1) is 10.2 Å². The molecule has 1 amide bonds. The van der Waals surface area contributed by atoms with Gasteiger partial charge >= 0.3 is 0 Å². The minimum absolute atomic E-state index is 0.0307. The Kier molecular flexibility index (Phi) is 7.08. The first-order chi connectivity index (χ1) is 14.8. The van der Waals surface area contributed by atoms with Crippen LogP contribution in [0.3, 0.4) is 0 Å². The fourth-order valence-electron chi connectivity index (χ4n) is 2.67. The molecule has 2 aromatic carbocycles. The lowest BCUT2D eigenvalue weighted by atomic mass is 10.2. The molecular formula is C19H17ClFN5O4S. The molecule has 0 aliphatic heterocycles. The summed E-state index contributed by atoms with van der Waals surface area (Å²) in [4.78, 5) is 22.7. The van der Waals surface area contributed by atoms with Crippen LogP contribution in [0.1, 0.15) is 18.9 Å². The van der Waals surface area contributed by atoms with E-state index < -0.39 is 22.8 Å². The van der Waals surface area contributed by atoms with E-state index in [0.717, 1.165) is 17.8 Å². The maximum absolute atomic E-state index is 13.2. The smallest absolute Gasteiger partial charge is 0.292 e. The van der Waals surface area contributed by atoms with Gasteiger partial charge in [-0.1, -0.05) is 35.5 Å². The molecule has 1 aromatic heterocycles. The topological polar surface area (TPSA) is 112 Å². The SMILES string of the molecule is CC(Oc1ccc(F)cc1Cl)c1nnc(SCC(=O)Nc2ccccc2[N+](=O)[O-])n1C. The Morgan fingerprint density at radius 2 is 2.10 bits per heavy atom. The summed E-state index contributed by atoms with van der Waals surface area (Å²) >= 11 is 7.10. The predicted molar refractivity (Wildman–Crippen MR) is 114 cm³/mol. The van der Waals surface area contributed by atoms with Crippen molar-refractivity contribution in [1.29, 1.82) is 0 Å². The zero-order chi connectivity index (χ0) is 22.5. The lowest BCUT2D eigenvalue weighted by Crippen LogP contribution is -2.15. The quantitative estimate of drug-likeness (QED) is 0.298. The highest BCUT2D eigenvalue weighted by Crippen LogP contribution is 2.30. The van der Waals surface area contributed by atoms with Gasteiger partial charge in [0.25, 0.3) is 5.69 Å². The van der Waals surface area contributed by atoms with Crippen molar-refractivity contribution >= 4 is 40.6 Å². The van der Waals surface area contributed by atoms with Crippen LogP contribution in [0.2, 0.25) is 5.02 Å². The molecule has 31 heavy (non-hydrogen) atoms. The first-order valence-corrected chi connectivity index (χ1v) is 10.3. The third kappa shape index (κ3) is 5.50. The second-order valence-corrected chi connectivity index (χ2v) is 7.70. The van der Waals surface area contributed by atoms with Gasteiger partial charge in [-0.3, -0.25) is 14.9 Å². The van der Waals surface area contributed by atoms with E-state index in [1.807, 2.05) is 0 Å². The summed E-state index contributed by atoms with van der Waals surface area (Å²) in [7, 11) is 1.71. The number of amides is 1. The van der Waals surface area contributed by atoms with E-state index in [9.17, 15) is 19.3 Å². The third-order valence-corrected chi connectivity index (χ3v) is 5.45. The Bertz CT molecular complexity index is 1130. The summed E-state index contributed by atoms with van der Waals surface area (Å²) in [5, 5.41) is 22.3. The number of nitrogens with zero attached hydrogens (tertiary/aromatic N) is 4. The van der Waals surface area contributed by atoms with Crippen molar-refractivity contribution in [3.8, 4) is 5.75 Å². The van der Waals surface area contributed by atoms with Crippen LogP contribution in [0.25, 0.3) is 0 Å². The zero-order valence-corrected chi connectivity index (χ0v) is 18.0. The number of para-hydroxylation sites is 2. The van der Waals surface area contributed by atoms with Crippen molar-refractivity contribution < 1.29 is 18.8 Å². The highest BCUT2D eigenvalue weighted by Gasteiger charge is 2.20. The number of benzene rings is 2. The first kappa shape index (κ1) is 22.5. The standard InChI is InChI=1S/C19H17ClFN5O4S/c1-11(30-16-8-7-12(21)9-13(16)20)18-23-24-19(25(18)2)31-10-17(27)22-14-5-3-4-6-15(14)26(28)29/h3-9,11H,10H2,1-2H3,(H,22,27). The van der Waals surface area contributed by atoms with Crippen LogP contribution < -0.4 is 10.1 Å². The lowest BCUT2D eigenvalue weighted by molar-refractivity contribution is -0.383. The summed E-state index contributed by atoms with van der Waals surface area (Å²) in [6.45, 7) is 1.74. The molecule has 0 aliphatic carbocycles. The molecule has 1 heterocycles. The molecule has 12 heteroatoms. The van der Waals surface area contributed by atoms with Gasteiger partial charge in [0.15, 0.2) is 17.1 Å². The van der Waals surface area contributed by atoms with E-state index >= 15 is 0 Å². The highest BCUT2D eigenvalue weighted by atomic mass is 35.5. The van der Waals surface area contributed by atoms with Gasteiger partial charge in [0, 0.05) is 13.1 Å². The van der Waals surface area contributed by atoms with E-state index in [-0.39, 0.29) is 22.2 Å². The van der Waals surface area contributed by atoms with Crippen LogP contribution >= 0.6 is 23.4 Å². The molecule has 0 fully saturated rings. The van der Waals surface area contributed by atoms with Crippen molar-refractivity contribution in [3.05, 3.63) is 69.2 Å². The molecule has 0 spiro atoms. The summed E-state index contributed by atoms with van der Waals surface area (Å²) in [6, 6.07) is 9.70. The number of nitro benzene ring substituents is 1. The number of nitrogens with one attached hydrogen (secondary N) is 1. The van der Waals surface area contributed by atoms with Crippen molar-refractivity contribution in [1.82, 2.24) is 14.8 Å². The van der Waals surface area contributed by atoms with Gasteiger partial charge < -0.3 is 14.6 Å². The van der Waals surface area contributed by atoms with E-state index in [4.69, 9.17) is 16.3 Å². The number of carbonyl (C=O) groups is 1. The van der Waals surface area contributed by atoms with Gasteiger partial charge in [-0.25, -0.2) is 4.39 Å². The second kappa shape index (κ2) is 9.75. The van der Waals surface area contributed by atoms with E-state index in [2.05, 4.69) is 15.5 Å². The van der Waals surface area contributed by atoms with Crippen LogP contribution in [-0.2, 0) is 11.8 Å². The Balaban J connectivity index is 1.62. The number of hydrogen-bond acceptors (Lipinski definition) is 7. The summed E-state index contributed by atoms with van der Waals surface area (Å²) < 4.78 is 20.6. The number of carbonyl (C=O) groups excluding carboxylic acids is 1. The third-order valence-electron chi connectivity index (χ3n) is 4.14. The molecule has 9 nitrogen and oxygen atoms in total. The number of halogens is 2. The molecule has 162 valence electrons. The molecule has 3 rings (SSSR count). The first-order valence-electron chi connectivity index (χ1n) is 8.93. The minimum Gasteiger partial charge on any atom is -0.481 e. The van der Waals surface area contributed by atoms with Crippen LogP contribution in [0, 0.1) is 15.9 Å². The Labute approximate surface area is 185 Å². The van der Waals surface area contributed by atoms with E-state index in [1.165, 1.54) is 30.3 Å². The van der Waals surface area contributed by atoms with E-state index in [0.29, 0.717) is 16.7 Å². The molecule has 0 radical (unpaired) electrons. The number of nitro groups is 1. The normalized spacial score (nSPS) is 11.7. The van der Waals surface area contributed by atoms with Gasteiger partial charge in [-0.2, -0.15) is 0 Å². The number of rotatable bonds is 8. The molecule has 1 unspecified atom stereocenters. The molecule has 1 atom stereocenters. The Morgan fingerprint density at radius 3 is 2.81 bits per heavy atom. The molecule has 0 bridgehead atoms. The fourth-order valence-corrected chi connectivity index (χ4v) is 3.60. The minimum atomic E-state index is -0.563. The van der Waals surface area contributed by atoms with Crippen LogP contribution in [0.5, 0.6) is 5.75 Å². The average Bonchev–Trinajstić information content (AvgIpc) is 3.09. The molecule has 0 saturated heterocycles. The number of thioether (sulfide) groups is 1. The number of anilines is 1. The zero-order valence-electron chi connectivity index (χ0n) is 16.4. The van der Waals surface area contributed by atoms with Crippen LogP contribution in [0.4, 0.5) is 15.8 Å². The van der Waals surface area contributed by atoms with Crippen molar-refractivity contribution in [2.45, 2.75) is 18.2 Å². The monoisotopic (exact) mass is 465 g/mol. The van der Waals surface area contributed by atoms with Gasteiger partial charge in [-0.05, 0) is 31.2 Å². The number of hydrogen-bond donors (Lipinski definition) is 1.